The van der Waals surface area contributed by atoms with Crippen molar-refractivity contribution in [2.24, 2.45) is 0 Å². The molecule has 4 rings (SSSR count). The highest BCUT2D eigenvalue weighted by Gasteiger charge is 2.28. The molecule has 0 spiro atoms. The molecule has 0 radical (unpaired) electrons. The fourth-order valence-corrected chi connectivity index (χ4v) is 4.95. The van der Waals surface area contributed by atoms with E-state index in [1.54, 1.807) is 34.2 Å². The lowest BCUT2D eigenvalue weighted by Gasteiger charge is -2.22. The summed E-state index contributed by atoms with van der Waals surface area (Å²) in [6.07, 6.45) is 5.61. The first-order chi connectivity index (χ1) is 15.4. The second-order valence-electron chi connectivity index (χ2n) is 7.33. The van der Waals surface area contributed by atoms with Crippen molar-refractivity contribution in [3.63, 3.8) is 0 Å². The quantitative estimate of drug-likeness (QED) is 0.631. The fraction of sp³-hybridized carbons (Fsp3) is 0.286. The third kappa shape index (κ3) is 4.94. The Hall–Kier alpha value is -3.31. The number of nitrogens with one attached hydrogen (secondary N) is 1. The van der Waals surface area contributed by atoms with Gasteiger partial charge in [-0.05, 0) is 54.4 Å². The summed E-state index contributed by atoms with van der Waals surface area (Å²) < 4.78 is 41.8. The topological polar surface area (TPSA) is 100 Å². The number of hydrogen-bond donors (Lipinski definition) is 1. The first-order valence-electron chi connectivity index (χ1n) is 10.2. The molecule has 1 N–H and O–H groups in total. The van der Waals surface area contributed by atoms with Gasteiger partial charge in [0, 0.05) is 51.3 Å². The van der Waals surface area contributed by atoms with Gasteiger partial charge in [-0.1, -0.05) is 0 Å². The summed E-state index contributed by atoms with van der Waals surface area (Å²) in [7, 11) is -3.74. The fourth-order valence-electron chi connectivity index (χ4n) is 3.48. The van der Waals surface area contributed by atoms with E-state index in [0.717, 1.165) is 17.7 Å². The molecule has 1 aliphatic heterocycles. The van der Waals surface area contributed by atoms with Gasteiger partial charge in [-0.3, -0.25) is 0 Å². The second-order valence-corrected chi connectivity index (χ2v) is 9.27. The van der Waals surface area contributed by atoms with Gasteiger partial charge in [-0.15, -0.1) is 0 Å². The van der Waals surface area contributed by atoms with Crippen LogP contribution >= 0.6 is 0 Å². The zero-order chi connectivity index (χ0) is 22.6. The number of rotatable bonds is 5. The minimum Gasteiger partial charge on any atom is -0.334 e. The van der Waals surface area contributed by atoms with Crippen LogP contribution in [0.15, 0.2) is 66.0 Å². The number of urea groups is 1. The van der Waals surface area contributed by atoms with Crippen molar-refractivity contribution in [2.45, 2.75) is 17.9 Å². The number of carbonyl (C=O) groups excluding carboxylic acids is 1. The molecule has 0 atom stereocenters. The van der Waals surface area contributed by atoms with Crippen LogP contribution in [-0.4, -0.2) is 64.6 Å². The lowest BCUT2D eigenvalue weighted by molar-refractivity contribution is 0.200. The van der Waals surface area contributed by atoms with Crippen LogP contribution in [0.1, 0.15) is 12.0 Å². The van der Waals surface area contributed by atoms with E-state index >= 15 is 0 Å². The maximum absolute atomic E-state index is 13.1. The molecule has 11 heteroatoms. The number of hydrogen-bond acceptors (Lipinski definition) is 5. The van der Waals surface area contributed by atoms with Crippen LogP contribution in [0, 0.1) is 5.82 Å². The van der Waals surface area contributed by atoms with Crippen molar-refractivity contribution in [3.8, 4) is 5.82 Å². The Balaban J connectivity index is 1.35. The van der Waals surface area contributed by atoms with Gasteiger partial charge in [-0.2, -0.15) is 9.40 Å². The van der Waals surface area contributed by atoms with Gasteiger partial charge in [0.2, 0.25) is 10.0 Å². The molecule has 3 aromatic rings. The zero-order valence-electron chi connectivity index (χ0n) is 17.3. The number of amides is 2. The van der Waals surface area contributed by atoms with E-state index in [2.05, 4.69) is 15.4 Å². The molecule has 1 fully saturated rings. The van der Waals surface area contributed by atoms with Crippen LogP contribution in [0.4, 0.5) is 9.18 Å². The Morgan fingerprint density at radius 3 is 2.62 bits per heavy atom. The van der Waals surface area contributed by atoms with Gasteiger partial charge in [-0.25, -0.2) is 27.3 Å². The summed E-state index contributed by atoms with van der Waals surface area (Å²) in [6, 6.07) is 9.96. The average Bonchev–Trinajstić information content (AvgIpc) is 3.22. The molecule has 1 aromatic carbocycles. The molecular weight excluding hydrogens is 435 g/mol. The predicted molar refractivity (Wildman–Crippen MR) is 115 cm³/mol. The second kappa shape index (κ2) is 9.45. The van der Waals surface area contributed by atoms with E-state index in [1.165, 1.54) is 16.4 Å². The van der Waals surface area contributed by atoms with Crippen molar-refractivity contribution in [2.75, 3.05) is 26.2 Å². The van der Waals surface area contributed by atoms with Crippen LogP contribution in [0.25, 0.3) is 5.82 Å². The number of pyridine rings is 1. The molecule has 0 aliphatic carbocycles. The highest BCUT2D eigenvalue weighted by Crippen LogP contribution is 2.18. The predicted octanol–water partition coefficient (Wildman–Crippen LogP) is 2.01. The third-order valence-corrected chi connectivity index (χ3v) is 7.10. The van der Waals surface area contributed by atoms with Gasteiger partial charge in [0.05, 0.1) is 4.90 Å². The number of sulfonamides is 1. The van der Waals surface area contributed by atoms with Crippen LogP contribution in [0.3, 0.4) is 0 Å². The number of carbonyl (C=O) groups is 1. The van der Waals surface area contributed by atoms with Crippen LogP contribution in [0.5, 0.6) is 0 Å². The third-order valence-electron chi connectivity index (χ3n) is 5.19. The number of halogens is 1. The van der Waals surface area contributed by atoms with E-state index in [0.29, 0.717) is 31.9 Å². The van der Waals surface area contributed by atoms with Crippen LogP contribution in [-0.2, 0) is 16.6 Å². The highest BCUT2D eigenvalue weighted by atomic mass is 32.2. The lowest BCUT2D eigenvalue weighted by atomic mass is 10.2. The van der Waals surface area contributed by atoms with E-state index < -0.39 is 15.8 Å². The molecule has 1 saturated heterocycles. The molecule has 0 bridgehead atoms. The van der Waals surface area contributed by atoms with E-state index in [9.17, 15) is 17.6 Å². The molecule has 32 heavy (non-hydrogen) atoms. The summed E-state index contributed by atoms with van der Waals surface area (Å²) in [5.41, 5.74) is 0.870. The van der Waals surface area contributed by atoms with E-state index in [1.807, 2.05) is 12.1 Å². The normalized spacial score (nSPS) is 15.3. The van der Waals surface area contributed by atoms with Crippen LogP contribution in [0.2, 0.25) is 0 Å². The van der Waals surface area contributed by atoms with Gasteiger partial charge in [0.1, 0.15) is 5.82 Å². The molecule has 1 aliphatic rings. The molecule has 0 unspecified atom stereocenters. The van der Waals surface area contributed by atoms with E-state index in [-0.39, 0.29) is 24.0 Å². The standard InChI is InChI=1S/C21H23FN6O3S/c22-18-3-5-19(6-4-18)32(30,31)27-11-2-10-26(13-14-27)21(29)24-16-17-7-9-23-20(15-17)28-12-1-8-25-28/h1,3-9,12,15H,2,10-11,13-14,16H2,(H,24,29). The molecule has 9 nitrogen and oxygen atoms in total. The Morgan fingerprint density at radius 1 is 1.06 bits per heavy atom. The zero-order valence-corrected chi connectivity index (χ0v) is 18.1. The van der Waals surface area contributed by atoms with Crippen molar-refractivity contribution in [1.82, 2.24) is 29.3 Å². The summed E-state index contributed by atoms with van der Waals surface area (Å²) >= 11 is 0. The maximum atomic E-state index is 13.1. The number of benzene rings is 1. The summed E-state index contributed by atoms with van der Waals surface area (Å²) in [5, 5.41) is 7.03. The Morgan fingerprint density at radius 2 is 1.88 bits per heavy atom. The van der Waals surface area contributed by atoms with Crippen molar-refractivity contribution < 1.29 is 17.6 Å². The highest BCUT2D eigenvalue weighted by molar-refractivity contribution is 7.89. The Labute approximate surface area is 185 Å². The number of nitrogens with zero attached hydrogens (tertiary/aromatic N) is 5. The largest absolute Gasteiger partial charge is 0.334 e. The average molecular weight is 459 g/mol. The summed E-state index contributed by atoms with van der Waals surface area (Å²) in [4.78, 5) is 18.6. The number of aromatic nitrogens is 3. The minimum atomic E-state index is -3.74. The maximum Gasteiger partial charge on any atom is 0.317 e. The summed E-state index contributed by atoms with van der Waals surface area (Å²) in [5.74, 6) is 0.159. The van der Waals surface area contributed by atoms with E-state index in [4.69, 9.17) is 0 Å². The Bertz CT molecular complexity index is 1170. The monoisotopic (exact) mass is 458 g/mol. The SMILES string of the molecule is O=C(NCc1ccnc(-n2cccn2)c1)N1CCCN(S(=O)(=O)c2ccc(F)cc2)CC1. The minimum absolute atomic E-state index is 0.0440. The van der Waals surface area contributed by atoms with Gasteiger partial charge in [0.15, 0.2) is 5.82 Å². The molecule has 0 saturated carbocycles. The van der Waals surface area contributed by atoms with Gasteiger partial charge >= 0.3 is 6.03 Å². The molecule has 3 heterocycles. The van der Waals surface area contributed by atoms with Crippen molar-refractivity contribution >= 4 is 16.1 Å². The molecular formula is C21H23FN6O3S. The first kappa shape index (κ1) is 21.9. The lowest BCUT2D eigenvalue weighted by Crippen LogP contribution is -2.42. The molecule has 2 amide bonds. The van der Waals surface area contributed by atoms with Gasteiger partial charge < -0.3 is 10.2 Å². The molecule has 2 aromatic heterocycles. The van der Waals surface area contributed by atoms with Crippen LogP contribution < -0.4 is 5.32 Å². The van der Waals surface area contributed by atoms with Gasteiger partial charge in [0.25, 0.3) is 0 Å². The Kier molecular flexibility index (Phi) is 6.47. The first-order valence-corrected chi connectivity index (χ1v) is 11.6. The molecule has 168 valence electrons. The van der Waals surface area contributed by atoms with Crippen molar-refractivity contribution in [3.05, 3.63) is 72.4 Å². The summed E-state index contributed by atoms with van der Waals surface area (Å²) in [6.45, 7) is 1.48. The smallest absolute Gasteiger partial charge is 0.317 e. The van der Waals surface area contributed by atoms with Crippen molar-refractivity contribution in [1.29, 1.82) is 0 Å².